The third-order valence-corrected chi connectivity index (χ3v) is 4.85. The zero-order chi connectivity index (χ0) is 26.3. The number of esters is 2. The van der Waals surface area contributed by atoms with Gasteiger partial charge in [0, 0.05) is 24.1 Å². The maximum absolute atomic E-state index is 13.6. The van der Waals surface area contributed by atoms with Crippen molar-refractivity contribution in [1.82, 2.24) is 5.32 Å². The first kappa shape index (κ1) is 27.8. The van der Waals surface area contributed by atoms with Gasteiger partial charge in [-0.1, -0.05) is 11.6 Å². The van der Waals surface area contributed by atoms with Crippen LogP contribution < -0.4 is 21.5 Å². The first-order valence-corrected chi connectivity index (χ1v) is 10.6. The quantitative estimate of drug-likeness (QED) is 0.147. The Hall–Kier alpha value is -3.48. The number of nitrogens with two attached hydrogens (primary N) is 2. The Balaban J connectivity index is 2.08. The van der Waals surface area contributed by atoms with E-state index in [0.29, 0.717) is 12.0 Å². The van der Waals surface area contributed by atoms with E-state index in [9.17, 15) is 27.6 Å². The summed E-state index contributed by atoms with van der Waals surface area (Å²) in [5.74, 6) is -3.12. The highest BCUT2D eigenvalue weighted by atomic mass is 35.5. The molecular formula is C21H24ClF3N4O6. The van der Waals surface area contributed by atoms with Gasteiger partial charge in [0.05, 0.1) is 5.57 Å². The molecule has 1 aromatic carbocycles. The molecule has 0 aliphatic carbocycles. The van der Waals surface area contributed by atoms with Gasteiger partial charge in [0.25, 0.3) is 0 Å². The summed E-state index contributed by atoms with van der Waals surface area (Å²) in [4.78, 5) is 39.8. The van der Waals surface area contributed by atoms with Crippen molar-refractivity contribution < 1.29 is 41.8 Å². The Morgan fingerprint density at radius 3 is 2.54 bits per heavy atom. The van der Waals surface area contributed by atoms with Crippen LogP contribution in [0.1, 0.15) is 30.9 Å². The molecule has 5 N–H and O–H groups in total. The van der Waals surface area contributed by atoms with Crippen molar-refractivity contribution in [1.29, 1.82) is 0 Å². The van der Waals surface area contributed by atoms with Gasteiger partial charge < -0.3 is 31.0 Å². The largest absolute Gasteiger partial charge is 0.475 e. The number of aryl methyl sites for hydroxylation is 1. The van der Waals surface area contributed by atoms with Gasteiger partial charge in [-0.15, -0.1) is 0 Å². The summed E-state index contributed by atoms with van der Waals surface area (Å²) in [7, 11) is 0. The Bertz CT molecular complexity index is 1040. The number of carbonyl (C=O) groups excluding carboxylic acids is 3. The van der Waals surface area contributed by atoms with Crippen LogP contribution in [-0.4, -0.2) is 55.5 Å². The number of hydrogen-bond acceptors (Lipinski definition) is 7. The number of nitrogens with one attached hydrogen (secondary N) is 1. The number of hydrogen-bond donors (Lipinski definition) is 3. The number of rotatable bonds is 9. The third kappa shape index (κ3) is 8.05. The standard InChI is InChI=1S/C21H24ClF3N4O6/c1-10-6-13(22)7-12-8-14(17(21(23,24)25)35-16(10)12)18(31)33-9-34-19(32)15(29-11(2)30)4-3-5-28-20(26)27/h6-8,15,17H,3-5,9H2,1-2H3,(H,29,30)(H4,26,27,28)/t15-,17?/m0/s1. The maximum atomic E-state index is 13.6. The van der Waals surface area contributed by atoms with Crippen molar-refractivity contribution in [3.05, 3.63) is 33.9 Å². The SMILES string of the molecule is CC(=O)N[C@@H](CCCN=C(N)N)C(=O)OCOC(=O)C1=Cc2cc(Cl)cc(C)c2OC1C(F)(F)F. The molecule has 0 spiro atoms. The van der Waals surface area contributed by atoms with Crippen LogP contribution in [0.4, 0.5) is 13.2 Å². The van der Waals surface area contributed by atoms with Crippen LogP contribution in [0.5, 0.6) is 5.75 Å². The molecule has 2 rings (SSSR count). The number of carbonyl (C=O) groups is 3. The van der Waals surface area contributed by atoms with Gasteiger partial charge >= 0.3 is 18.1 Å². The smallest absolute Gasteiger partial charge is 0.430 e. The molecule has 1 amide bonds. The summed E-state index contributed by atoms with van der Waals surface area (Å²) in [6.45, 7) is 1.87. The van der Waals surface area contributed by atoms with Gasteiger partial charge in [0.1, 0.15) is 11.8 Å². The first-order valence-electron chi connectivity index (χ1n) is 10.2. The molecule has 1 aliphatic rings. The van der Waals surface area contributed by atoms with Gasteiger partial charge in [-0.05, 0) is 43.5 Å². The highest BCUT2D eigenvalue weighted by molar-refractivity contribution is 6.30. The lowest BCUT2D eigenvalue weighted by Crippen LogP contribution is -2.42. The number of benzene rings is 1. The van der Waals surface area contributed by atoms with Crippen LogP contribution in [0.2, 0.25) is 5.02 Å². The molecule has 2 atom stereocenters. The van der Waals surface area contributed by atoms with Gasteiger partial charge in [-0.25, -0.2) is 9.59 Å². The summed E-state index contributed by atoms with van der Waals surface area (Å²) in [5.41, 5.74) is 10.1. The zero-order valence-corrected chi connectivity index (χ0v) is 19.5. The van der Waals surface area contributed by atoms with Crippen LogP contribution in [0.3, 0.4) is 0 Å². The molecule has 1 aliphatic heterocycles. The molecule has 0 radical (unpaired) electrons. The van der Waals surface area contributed by atoms with E-state index < -0.39 is 48.5 Å². The van der Waals surface area contributed by atoms with Crippen LogP contribution in [0.25, 0.3) is 6.08 Å². The lowest BCUT2D eigenvalue weighted by molar-refractivity contribution is -0.190. The highest BCUT2D eigenvalue weighted by Gasteiger charge is 2.49. The molecule has 14 heteroatoms. The topological polar surface area (TPSA) is 155 Å². The second-order valence-corrected chi connectivity index (χ2v) is 7.93. The fourth-order valence-electron chi connectivity index (χ4n) is 3.18. The predicted molar refractivity (Wildman–Crippen MR) is 119 cm³/mol. The second-order valence-electron chi connectivity index (χ2n) is 7.50. The molecule has 0 aromatic heterocycles. The zero-order valence-electron chi connectivity index (χ0n) is 18.8. The van der Waals surface area contributed by atoms with Crippen molar-refractivity contribution in [2.24, 2.45) is 16.5 Å². The number of aliphatic imine (C=N–C) groups is 1. The van der Waals surface area contributed by atoms with Gasteiger partial charge in [0.2, 0.25) is 18.8 Å². The predicted octanol–water partition coefficient (Wildman–Crippen LogP) is 1.96. The van der Waals surface area contributed by atoms with E-state index in [2.05, 4.69) is 10.3 Å². The number of guanidine groups is 1. The van der Waals surface area contributed by atoms with E-state index in [0.717, 1.165) is 6.08 Å². The van der Waals surface area contributed by atoms with E-state index in [1.165, 1.54) is 26.0 Å². The number of nitrogens with zero attached hydrogens (tertiary/aromatic N) is 1. The van der Waals surface area contributed by atoms with Crippen molar-refractivity contribution >= 4 is 41.5 Å². The monoisotopic (exact) mass is 520 g/mol. The Labute approximate surface area is 203 Å². The second kappa shape index (κ2) is 11.8. The van der Waals surface area contributed by atoms with E-state index in [4.69, 9.17) is 37.3 Å². The molecule has 0 saturated carbocycles. The van der Waals surface area contributed by atoms with E-state index in [1.807, 2.05) is 0 Å². The number of ether oxygens (including phenoxy) is 3. The summed E-state index contributed by atoms with van der Waals surface area (Å²) >= 11 is 5.95. The molecule has 1 unspecified atom stereocenters. The van der Waals surface area contributed by atoms with Crippen LogP contribution in [0.15, 0.2) is 22.7 Å². The number of fused-ring (bicyclic) bond motifs is 1. The fraction of sp³-hybridized carbons (Fsp3) is 0.429. The minimum absolute atomic E-state index is 0.0708. The molecule has 192 valence electrons. The Morgan fingerprint density at radius 1 is 1.26 bits per heavy atom. The average Bonchev–Trinajstić information content (AvgIpc) is 2.73. The molecule has 1 heterocycles. The lowest BCUT2D eigenvalue weighted by atomic mass is 9.99. The van der Waals surface area contributed by atoms with Crippen LogP contribution >= 0.6 is 11.6 Å². The fourth-order valence-corrected chi connectivity index (χ4v) is 3.46. The van der Waals surface area contributed by atoms with Crippen LogP contribution in [0, 0.1) is 6.92 Å². The van der Waals surface area contributed by atoms with Gasteiger partial charge in [-0.2, -0.15) is 13.2 Å². The molecule has 0 bridgehead atoms. The Morgan fingerprint density at radius 2 is 1.94 bits per heavy atom. The first-order chi connectivity index (χ1) is 16.3. The minimum atomic E-state index is -4.93. The molecular weight excluding hydrogens is 497 g/mol. The summed E-state index contributed by atoms with van der Waals surface area (Å²) in [5, 5.41) is 2.59. The summed E-state index contributed by atoms with van der Waals surface area (Å²) in [6, 6.07) is 1.65. The van der Waals surface area contributed by atoms with Crippen molar-refractivity contribution in [3.8, 4) is 5.75 Å². The lowest BCUT2D eigenvalue weighted by Gasteiger charge is -2.29. The number of amides is 1. The minimum Gasteiger partial charge on any atom is -0.475 e. The number of alkyl halides is 3. The van der Waals surface area contributed by atoms with Gasteiger partial charge in [-0.3, -0.25) is 9.79 Å². The van der Waals surface area contributed by atoms with E-state index in [1.54, 1.807) is 0 Å². The summed E-state index contributed by atoms with van der Waals surface area (Å²) < 4.78 is 55.4. The van der Waals surface area contributed by atoms with Crippen molar-refractivity contribution in [2.75, 3.05) is 13.3 Å². The molecule has 1 aromatic rings. The molecule has 35 heavy (non-hydrogen) atoms. The van der Waals surface area contributed by atoms with Crippen molar-refractivity contribution in [2.45, 2.75) is 45.0 Å². The molecule has 0 saturated heterocycles. The van der Waals surface area contributed by atoms with Crippen molar-refractivity contribution in [3.63, 3.8) is 0 Å². The summed E-state index contributed by atoms with van der Waals surface area (Å²) in [6.07, 6.45) is -6.17. The van der Waals surface area contributed by atoms with Gasteiger partial charge in [0.15, 0.2) is 5.96 Å². The maximum Gasteiger partial charge on any atom is 0.430 e. The number of halogens is 4. The van der Waals surface area contributed by atoms with E-state index in [-0.39, 0.29) is 35.3 Å². The molecule has 10 nitrogen and oxygen atoms in total. The highest BCUT2D eigenvalue weighted by Crippen LogP contribution is 2.40. The van der Waals surface area contributed by atoms with Crippen LogP contribution in [-0.2, 0) is 23.9 Å². The molecule has 0 fully saturated rings. The third-order valence-electron chi connectivity index (χ3n) is 4.63. The average molecular weight is 521 g/mol. The Kier molecular flexibility index (Phi) is 9.34. The normalized spacial score (nSPS) is 15.6. The van der Waals surface area contributed by atoms with E-state index >= 15 is 0 Å².